The average Bonchev–Trinajstić information content (AvgIpc) is 2.41. The molecule has 20 heavy (non-hydrogen) atoms. The molecule has 0 aliphatic rings. The Balaban J connectivity index is 4.71. The maximum atomic E-state index is 12.0. The lowest BCUT2D eigenvalue weighted by molar-refractivity contribution is -0.155. The van der Waals surface area contributed by atoms with Crippen molar-refractivity contribution in [3.63, 3.8) is 0 Å². The molecule has 112 valence electrons. The van der Waals surface area contributed by atoms with E-state index in [9.17, 15) is 9.59 Å². The van der Waals surface area contributed by atoms with E-state index in [1.807, 2.05) is 0 Å². The van der Waals surface area contributed by atoms with Gasteiger partial charge in [-0.2, -0.15) is 0 Å². The van der Waals surface area contributed by atoms with E-state index in [2.05, 4.69) is 25.3 Å². The lowest BCUT2D eigenvalue weighted by Gasteiger charge is -2.23. The van der Waals surface area contributed by atoms with Crippen molar-refractivity contribution in [3.05, 3.63) is 12.2 Å². The van der Waals surface area contributed by atoms with Gasteiger partial charge in [-0.05, 0) is 27.2 Å². The Morgan fingerprint density at radius 3 is 2.35 bits per heavy atom. The highest BCUT2D eigenvalue weighted by Gasteiger charge is 2.42. The Morgan fingerprint density at radius 1 is 1.20 bits per heavy atom. The molecule has 0 aliphatic carbocycles. The summed E-state index contributed by atoms with van der Waals surface area (Å²) in [6.07, 6.45) is 5.33. The molecule has 0 aromatic rings. The van der Waals surface area contributed by atoms with Gasteiger partial charge in [0.2, 0.25) is 0 Å². The summed E-state index contributed by atoms with van der Waals surface area (Å²) in [6.45, 7) is 10.8. The smallest absolute Gasteiger partial charge is 0.324 e. The fraction of sp³-hybridized carbons (Fsp3) is 0.647. The van der Waals surface area contributed by atoms with E-state index < -0.39 is 11.4 Å². The third-order valence-corrected chi connectivity index (χ3v) is 3.39. The average molecular weight is 278 g/mol. The first-order valence-corrected chi connectivity index (χ1v) is 7.27. The molecular formula is C17H26O3. The zero-order valence-corrected chi connectivity index (χ0v) is 13.2. The maximum absolute atomic E-state index is 12.0. The quantitative estimate of drug-likeness (QED) is 0.294. The van der Waals surface area contributed by atoms with Crippen LogP contribution in [0.2, 0.25) is 0 Å². The van der Waals surface area contributed by atoms with Gasteiger partial charge in [-0.25, -0.2) is 0 Å². The molecular weight excluding hydrogens is 252 g/mol. The predicted octanol–water partition coefficient (Wildman–Crippen LogP) is 3.67. The molecule has 1 atom stereocenters. The summed E-state index contributed by atoms with van der Waals surface area (Å²) >= 11 is 0. The summed E-state index contributed by atoms with van der Waals surface area (Å²) in [7, 11) is 0. The molecule has 0 saturated carbocycles. The van der Waals surface area contributed by atoms with Crippen molar-refractivity contribution < 1.29 is 14.3 Å². The number of hydrogen-bond acceptors (Lipinski definition) is 3. The summed E-state index contributed by atoms with van der Waals surface area (Å²) in [5.41, 5.74) is -1.04. The topological polar surface area (TPSA) is 43.4 Å². The van der Waals surface area contributed by atoms with Crippen molar-refractivity contribution in [1.29, 1.82) is 0 Å². The molecule has 1 unspecified atom stereocenters. The molecule has 0 aromatic carbocycles. The minimum Gasteiger partial charge on any atom is -0.465 e. The number of unbranched alkanes of at least 4 members (excludes halogenated alkanes) is 4. The summed E-state index contributed by atoms with van der Waals surface area (Å²) in [5.74, 6) is 4.98. The number of esters is 1. The van der Waals surface area contributed by atoms with Crippen molar-refractivity contribution >= 4 is 11.8 Å². The van der Waals surface area contributed by atoms with Crippen molar-refractivity contribution in [2.75, 3.05) is 6.61 Å². The van der Waals surface area contributed by atoms with Crippen molar-refractivity contribution in [2.45, 2.75) is 59.8 Å². The predicted molar refractivity (Wildman–Crippen MR) is 81.1 cm³/mol. The summed E-state index contributed by atoms with van der Waals surface area (Å²) < 4.78 is 4.96. The van der Waals surface area contributed by atoms with Gasteiger partial charge in [0.05, 0.1) is 6.61 Å². The van der Waals surface area contributed by atoms with E-state index in [4.69, 9.17) is 4.74 Å². The van der Waals surface area contributed by atoms with Crippen molar-refractivity contribution in [3.8, 4) is 11.8 Å². The van der Waals surface area contributed by atoms with Gasteiger partial charge in [-0.3, -0.25) is 9.59 Å². The highest BCUT2D eigenvalue weighted by molar-refractivity contribution is 6.06. The normalized spacial score (nSPS) is 12.8. The molecule has 0 heterocycles. The minimum absolute atomic E-state index is 0.236. The molecule has 3 heteroatoms. The largest absolute Gasteiger partial charge is 0.465 e. The number of ketones is 1. The van der Waals surface area contributed by atoms with E-state index in [-0.39, 0.29) is 12.4 Å². The highest BCUT2D eigenvalue weighted by atomic mass is 16.5. The van der Waals surface area contributed by atoms with Gasteiger partial charge in [0.15, 0.2) is 11.2 Å². The molecule has 0 aromatic heterocycles. The van der Waals surface area contributed by atoms with Gasteiger partial charge in [0.1, 0.15) is 0 Å². The zero-order chi connectivity index (χ0) is 15.6. The van der Waals surface area contributed by atoms with E-state index >= 15 is 0 Å². The molecule has 0 rings (SSSR count). The Morgan fingerprint density at radius 2 is 1.85 bits per heavy atom. The van der Waals surface area contributed by atoms with Crippen LogP contribution in [0.25, 0.3) is 0 Å². The van der Waals surface area contributed by atoms with Crippen LogP contribution in [0.4, 0.5) is 0 Å². The number of ether oxygens (including phenoxy) is 1. The Hall–Kier alpha value is -1.56. The molecule has 3 nitrogen and oxygen atoms in total. The van der Waals surface area contributed by atoms with Gasteiger partial charge in [0, 0.05) is 12.0 Å². The monoisotopic (exact) mass is 278 g/mol. The van der Waals surface area contributed by atoms with Crippen LogP contribution in [0, 0.1) is 17.3 Å². The van der Waals surface area contributed by atoms with Crippen molar-refractivity contribution in [2.24, 2.45) is 5.41 Å². The standard InChI is InChI=1S/C17H26O3/c1-6-8-9-10-11-12-13-14(3)17(5,15(4)18)16(19)20-7-2/h3,6-11H2,1-2,4-5H3. The van der Waals surface area contributed by atoms with Crippen LogP contribution >= 0.6 is 0 Å². The number of rotatable bonds is 8. The second kappa shape index (κ2) is 9.36. The first kappa shape index (κ1) is 18.4. The van der Waals surface area contributed by atoms with Gasteiger partial charge in [-0.15, -0.1) is 0 Å². The summed E-state index contributed by atoms with van der Waals surface area (Å²) in [6, 6.07) is 0. The van der Waals surface area contributed by atoms with Crippen LogP contribution in [0.15, 0.2) is 12.2 Å². The Bertz CT molecular complexity index is 412. The zero-order valence-electron chi connectivity index (χ0n) is 13.2. The molecule has 0 amide bonds. The SMILES string of the molecule is C=C(C#CCCCCCC)C(C)(C(C)=O)C(=O)OCC. The van der Waals surface area contributed by atoms with Gasteiger partial charge < -0.3 is 4.74 Å². The number of carbonyl (C=O) groups excluding carboxylic acids is 2. The fourth-order valence-corrected chi connectivity index (χ4v) is 1.69. The van der Waals surface area contributed by atoms with Crippen LogP contribution in [0.1, 0.15) is 59.8 Å². The molecule has 0 bridgehead atoms. The second-order valence-corrected chi connectivity index (χ2v) is 4.99. The van der Waals surface area contributed by atoms with Crippen molar-refractivity contribution in [1.82, 2.24) is 0 Å². The maximum Gasteiger partial charge on any atom is 0.324 e. The van der Waals surface area contributed by atoms with E-state index in [1.165, 1.54) is 26.7 Å². The van der Waals surface area contributed by atoms with Gasteiger partial charge in [-0.1, -0.05) is 44.6 Å². The van der Waals surface area contributed by atoms with E-state index in [0.29, 0.717) is 5.57 Å². The molecule has 0 fully saturated rings. The third-order valence-electron chi connectivity index (χ3n) is 3.39. The van der Waals surface area contributed by atoms with Crippen LogP contribution in [0.5, 0.6) is 0 Å². The van der Waals surface area contributed by atoms with Crippen LogP contribution in [-0.4, -0.2) is 18.4 Å². The van der Waals surface area contributed by atoms with Crippen LogP contribution < -0.4 is 0 Å². The molecule has 0 spiro atoms. The van der Waals surface area contributed by atoms with Crippen LogP contribution in [0.3, 0.4) is 0 Å². The van der Waals surface area contributed by atoms with E-state index in [0.717, 1.165) is 19.3 Å². The molecule has 0 radical (unpaired) electrons. The van der Waals surface area contributed by atoms with Gasteiger partial charge in [0.25, 0.3) is 0 Å². The minimum atomic E-state index is -1.35. The molecule has 0 saturated heterocycles. The summed E-state index contributed by atoms with van der Waals surface area (Å²) in [5, 5.41) is 0. The number of hydrogen-bond donors (Lipinski definition) is 0. The fourth-order valence-electron chi connectivity index (χ4n) is 1.69. The summed E-state index contributed by atoms with van der Waals surface area (Å²) in [4.78, 5) is 23.7. The third kappa shape index (κ3) is 5.21. The van der Waals surface area contributed by atoms with Crippen LogP contribution in [-0.2, 0) is 14.3 Å². The Kier molecular flexibility index (Phi) is 8.63. The van der Waals surface area contributed by atoms with E-state index in [1.54, 1.807) is 6.92 Å². The Labute approximate surface area is 122 Å². The molecule has 0 N–H and O–H groups in total. The number of Topliss-reactive ketones (excluding diaryl/α,β-unsaturated/α-hetero) is 1. The number of carbonyl (C=O) groups is 2. The second-order valence-electron chi connectivity index (χ2n) is 4.99. The first-order valence-electron chi connectivity index (χ1n) is 7.27. The molecule has 0 aliphatic heterocycles. The first-order chi connectivity index (χ1) is 9.41. The lowest BCUT2D eigenvalue weighted by Crippen LogP contribution is -2.37. The lowest BCUT2D eigenvalue weighted by atomic mass is 9.79. The van der Waals surface area contributed by atoms with Gasteiger partial charge >= 0.3 is 5.97 Å². The highest BCUT2D eigenvalue weighted by Crippen LogP contribution is 2.28.